The summed E-state index contributed by atoms with van der Waals surface area (Å²) in [6.07, 6.45) is 0. The number of fused-ring (bicyclic) bond motifs is 4. The van der Waals surface area contributed by atoms with Crippen LogP contribution in [0.15, 0.2) is 182 Å². The fourth-order valence-corrected chi connectivity index (χ4v) is 7.15. The van der Waals surface area contributed by atoms with Crippen LogP contribution in [0, 0.1) is 0 Å². The molecule has 0 saturated carbocycles. The van der Waals surface area contributed by atoms with Crippen LogP contribution >= 0.6 is 0 Å². The lowest BCUT2D eigenvalue weighted by molar-refractivity contribution is 1.61. The maximum absolute atomic E-state index is 2.41. The minimum Gasteiger partial charge on any atom is -0.0622 e. The molecule has 0 aliphatic carbocycles. The van der Waals surface area contributed by atoms with E-state index in [2.05, 4.69) is 182 Å². The van der Waals surface area contributed by atoms with Crippen molar-refractivity contribution in [2.75, 3.05) is 0 Å². The minimum atomic E-state index is 1.22. The van der Waals surface area contributed by atoms with Crippen LogP contribution in [-0.4, -0.2) is 0 Å². The molecule has 0 heterocycles. The second kappa shape index (κ2) is 10.9. The van der Waals surface area contributed by atoms with E-state index in [1.54, 1.807) is 0 Å². The summed E-state index contributed by atoms with van der Waals surface area (Å²) in [5.74, 6) is 0. The molecule has 9 aromatic rings. The van der Waals surface area contributed by atoms with Gasteiger partial charge in [0, 0.05) is 0 Å². The molecule has 0 heteroatoms. The summed E-state index contributed by atoms with van der Waals surface area (Å²) < 4.78 is 0. The van der Waals surface area contributed by atoms with E-state index in [1.807, 2.05) is 0 Å². The second-order valence-corrected chi connectivity index (χ2v) is 12.1. The van der Waals surface area contributed by atoms with E-state index in [1.165, 1.54) is 87.6 Å². The third-order valence-electron chi connectivity index (χ3n) is 9.43. The highest BCUT2D eigenvalue weighted by Gasteiger charge is 2.18. The van der Waals surface area contributed by atoms with E-state index in [4.69, 9.17) is 0 Å². The van der Waals surface area contributed by atoms with E-state index in [0.29, 0.717) is 0 Å². The van der Waals surface area contributed by atoms with Crippen LogP contribution in [0.1, 0.15) is 0 Å². The molecule has 46 heavy (non-hydrogen) atoms. The van der Waals surface area contributed by atoms with Crippen molar-refractivity contribution >= 4 is 43.1 Å². The first-order chi connectivity index (χ1) is 22.8. The highest BCUT2D eigenvalue weighted by atomic mass is 14.2. The van der Waals surface area contributed by atoms with Gasteiger partial charge < -0.3 is 0 Å². The van der Waals surface area contributed by atoms with Gasteiger partial charge in [0.05, 0.1) is 0 Å². The Morgan fingerprint density at radius 1 is 0.196 bits per heavy atom. The predicted molar refractivity (Wildman–Crippen MR) is 198 cm³/mol. The van der Waals surface area contributed by atoms with Crippen LogP contribution in [0.5, 0.6) is 0 Å². The maximum Gasteiger partial charge on any atom is -0.00259 e. The first kappa shape index (κ1) is 26.4. The molecule has 214 valence electrons. The Balaban J connectivity index is 1.33. The zero-order valence-corrected chi connectivity index (χ0v) is 25.3. The molecule has 0 amide bonds. The van der Waals surface area contributed by atoms with Crippen LogP contribution in [0.25, 0.3) is 87.6 Å². The molecule has 0 saturated heterocycles. The lowest BCUT2D eigenvalue weighted by Gasteiger charge is -2.19. The van der Waals surface area contributed by atoms with Crippen molar-refractivity contribution in [3.05, 3.63) is 182 Å². The van der Waals surface area contributed by atoms with Crippen LogP contribution in [0.2, 0.25) is 0 Å². The Bertz CT molecular complexity index is 2560. The van der Waals surface area contributed by atoms with Crippen molar-refractivity contribution in [3.63, 3.8) is 0 Å². The molecule has 0 radical (unpaired) electrons. The third-order valence-corrected chi connectivity index (χ3v) is 9.43. The Kier molecular flexibility index (Phi) is 6.25. The van der Waals surface area contributed by atoms with Gasteiger partial charge in [-0.15, -0.1) is 0 Å². The van der Waals surface area contributed by atoms with Gasteiger partial charge in [-0.2, -0.15) is 0 Å². The Hall–Kier alpha value is -5.98. The van der Waals surface area contributed by atoms with Crippen LogP contribution in [0.3, 0.4) is 0 Å². The highest BCUT2D eigenvalue weighted by molar-refractivity contribution is 6.22. The van der Waals surface area contributed by atoms with Gasteiger partial charge in [0.25, 0.3) is 0 Å². The molecule has 0 atom stereocenters. The van der Waals surface area contributed by atoms with Crippen LogP contribution < -0.4 is 0 Å². The van der Waals surface area contributed by atoms with E-state index < -0.39 is 0 Å². The van der Waals surface area contributed by atoms with Gasteiger partial charge in [-0.05, 0) is 106 Å². The predicted octanol–water partition coefficient (Wildman–Crippen LogP) is 13.0. The standard InChI is InChI=1S/C46H30/c1-2-10-31(11-3-1)34-18-22-35(23-19-34)45-41-16-8-9-17-42(41)46(40-25-21-33-13-5-7-15-37(33)29-40)44-30-39(26-27-43(44)45)38-24-20-32-12-4-6-14-36(32)28-38/h1-30H. The van der Waals surface area contributed by atoms with Gasteiger partial charge in [0.2, 0.25) is 0 Å². The molecule has 0 aliphatic rings. The molecule has 0 spiro atoms. The molecule has 0 nitrogen and oxygen atoms in total. The Morgan fingerprint density at radius 2 is 0.609 bits per heavy atom. The Morgan fingerprint density at radius 3 is 1.28 bits per heavy atom. The van der Waals surface area contributed by atoms with E-state index in [-0.39, 0.29) is 0 Å². The summed E-state index contributed by atoms with van der Waals surface area (Å²) >= 11 is 0. The summed E-state index contributed by atoms with van der Waals surface area (Å²) in [6.45, 7) is 0. The first-order valence-electron chi connectivity index (χ1n) is 15.9. The number of rotatable bonds is 4. The average molecular weight is 583 g/mol. The first-order valence-corrected chi connectivity index (χ1v) is 15.9. The minimum absolute atomic E-state index is 1.22. The highest BCUT2D eigenvalue weighted by Crippen LogP contribution is 2.45. The number of hydrogen-bond acceptors (Lipinski definition) is 0. The van der Waals surface area contributed by atoms with Crippen molar-refractivity contribution < 1.29 is 0 Å². The summed E-state index contributed by atoms with van der Waals surface area (Å²) in [5, 5.41) is 10.1. The molecule has 0 aliphatic heterocycles. The summed E-state index contributed by atoms with van der Waals surface area (Å²) in [4.78, 5) is 0. The molecule has 9 aromatic carbocycles. The van der Waals surface area contributed by atoms with Gasteiger partial charge in [-0.1, -0.05) is 164 Å². The average Bonchev–Trinajstić information content (AvgIpc) is 3.13. The molecule has 0 aromatic heterocycles. The maximum atomic E-state index is 2.41. The molecule has 0 fully saturated rings. The molecule has 0 bridgehead atoms. The van der Waals surface area contributed by atoms with Gasteiger partial charge in [-0.3, -0.25) is 0 Å². The molecular weight excluding hydrogens is 553 g/mol. The number of hydrogen-bond donors (Lipinski definition) is 0. The van der Waals surface area contributed by atoms with Crippen LogP contribution in [-0.2, 0) is 0 Å². The van der Waals surface area contributed by atoms with Crippen LogP contribution in [0.4, 0.5) is 0 Å². The van der Waals surface area contributed by atoms with Crippen molar-refractivity contribution in [1.82, 2.24) is 0 Å². The second-order valence-electron chi connectivity index (χ2n) is 12.1. The van der Waals surface area contributed by atoms with Crippen molar-refractivity contribution in [1.29, 1.82) is 0 Å². The van der Waals surface area contributed by atoms with Gasteiger partial charge in [0.15, 0.2) is 0 Å². The molecule has 0 N–H and O–H groups in total. The van der Waals surface area contributed by atoms with Gasteiger partial charge in [-0.25, -0.2) is 0 Å². The summed E-state index contributed by atoms with van der Waals surface area (Å²) in [5.41, 5.74) is 9.93. The monoisotopic (exact) mass is 582 g/mol. The fourth-order valence-electron chi connectivity index (χ4n) is 7.15. The van der Waals surface area contributed by atoms with E-state index >= 15 is 0 Å². The smallest absolute Gasteiger partial charge is 0.00259 e. The normalized spacial score (nSPS) is 11.5. The van der Waals surface area contributed by atoms with Gasteiger partial charge >= 0.3 is 0 Å². The third kappa shape index (κ3) is 4.47. The zero-order chi connectivity index (χ0) is 30.5. The summed E-state index contributed by atoms with van der Waals surface area (Å²) in [6, 6.07) is 66.6. The zero-order valence-electron chi connectivity index (χ0n) is 25.3. The largest absolute Gasteiger partial charge is 0.0622 e. The lowest BCUT2D eigenvalue weighted by atomic mass is 9.84. The Labute approximate surface area is 268 Å². The lowest BCUT2D eigenvalue weighted by Crippen LogP contribution is -1.92. The van der Waals surface area contributed by atoms with Crippen molar-refractivity contribution in [3.8, 4) is 44.5 Å². The fraction of sp³-hybridized carbons (Fsp3) is 0. The van der Waals surface area contributed by atoms with E-state index in [0.717, 1.165) is 0 Å². The molecule has 9 rings (SSSR count). The summed E-state index contributed by atoms with van der Waals surface area (Å²) in [7, 11) is 0. The van der Waals surface area contributed by atoms with Crippen molar-refractivity contribution in [2.45, 2.75) is 0 Å². The molecule has 0 unspecified atom stereocenters. The van der Waals surface area contributed by atoms with Crippen molar-refractivity contribution in [2.24, 2.45) is 0 Å². The SMILES string of the molecule is c1ccc(-c2ccc(-c3c4ccccc4c(-c4ccc5ccccc5c4)c4cc(-c5ccc6ccccc6c5)ccc34)cc2)cc1. The topological polar surface area (TPSA) is 0 Å². The van der Waals surface area contributed by atoms with Gasteiger partial charge in [0.1, 0.15) is 0 Å². The number of benzene rings is 9. The van der Waals surface area contributed by atoms with E-state index in [9.17, 15) is 0 Å². The molecular formula is C46H30. The quantitative estimate of drug-likeness (QED) is 0.181.